The number of benzene rings is 1. The van der Waals surface area contributed by atoms with Gasteiger partial charge in [-0.05, 0) is 62.3 Å². The van der Waals surface area contributed by atoms with Crippen molar-refractivity contribution in [3.05, 3.63) is 64.3 Å². The van der Waals surface area contributed by atoms with Crippen LogP contribution in [0.15, 0.2) is 35.0 Å². The van der Waals surface area contributed by atoms with Crippen LogP contribution >= 0.6 is 0 Å². The quantitative estimate of drug-likeness (QED) is 0.730. The summed E-state index contributed by atoms with van der Waals surface area (Å²) in [6, 6.07) is 8.04. The van der Waals surface area contributed by atoms with Gasteiger partial charge in [-0.15, -0.1) is 0 Å². The first kappa shape index (κ1) is 18.5. The van der Waals surface area contributed by atoms with E-state index >= 15 is 0 Å². The number of amides is 1. The molecule has 2 aromatic heterocycles. The Kier molecular flexibility index (Phi) is 4.79. The van der Waals surface area contributed by atoms with Gasteiger partial charge in [-0.2, -0.15) is 5.10 Å². The van der Waals surface area contributed by atoms with Crippen molar-refractivity contribution in [1.29, 1.82) is 0 Å². The number of aromatic nitrogens is 3. The van der Waals surface area contributed by atoms with Gasteiger partial charge in [0.15, 0.2) is 0 Å². The van der Waals surface area contributed by atoms with Crippen LogP contribution in [0.5, 0.6) is 0 Å². The second kappa shape index (κ2) is 7.26. The number of rotatable bonds is 4. The summed E-state index contributed by atoms with van der Waals surface area (Å²) in [7, 11) is 0. The summed E-state index contributed by atoms with van der Waals surface area (Å²) in [5.41, 5.74) is 6.61. The molecule has 146 valence electrons. The third-order valence-electron chi connectivity index (χ3n) is 5.57. The van der Waals surface area contributed by atoms with E-state index in [1.807, 2.05) is 24.7 Å². The lowest BCUT2D eigenvalue weighted by molar-refractivity contribution is 0.0895. The minimum atomic E-state index is -0.226. The average Bonchev–Trinajstić information content (AvgIpc) is 3.32. The van der Waals surface area contributed by atoms with Crippen LogP contribution in [0.4, 0.5) is 0 Å². The topological polar surface area (TPSA) is 73.0 Å². The molecule has 4 rings (SSSR count). The number of fused-ring (bicyclic) bond motifs is 1. The van der Waals surface area contributed by atoms with Gasteiger partial charge in [0.05, 0.1) is 23.6 Å². The van der Waals surface area contributed by atoms with Crippen molar-refractivity contribution in [1.82, 2.24) is 20.3 Å². The highest BCUT2D eigenvalue weighted by Gasteiger charge is 2.27. The molecule has 3 aromatic rings. The van der Waals surface area contributed by atoms with Crippen molar-refractivity contribution in [3.63, 3.8) is 0 Å². The Balaban J connectivity index is 1.58. The van der Waals surface area contributed by atoms with Crippen LogP contribution in [-0.2, 0) is 6.42 Å². The zero-order valence-corrected chi connectivity index (χ0v) is 16.8. The molecule has 1 aliphatic rings. The van der Waals surface area contributed by atoms with Crippen molar-refractivity contribution in [3.8, 4) is 5.69 Å². The van der Waals surface area contributed by atoms with E-state index in [1.165, 1.54) is 16.8 Å². The molecule has 0 saturated heterocycles. The van der Waals surface area contributed by atoms with E-state index in [0.29, 0.717) is 0 Å². The lowest BCUT2D eigenvalue weighted by Crippen LogP contribution is -2.30. The maximum absolute atomic E-state index is 12.6. The summed E-state index contributed by atoms with van der Waals surface area (Å²) >= 11 is 0. The van der Waals surface area contributed by atoms with Crippen molar-refractivity contribution in [2.45, 2.75) is 58.9 Å². The highest BCUT2D eigenvalue weighted by molar-refractivity contribution is 5.91. The minimum Gasteiger partial charge on any atom is -0.351 e. The van der Waals surface area contributed by atoms with E-state index in [0.717, 1.165) is 36.2 Å². The summed E-state index contributed by atoms with van der Waals surface area (Å²) in [5.74, 6) is 0.260. The molecule has 0 saturated carbocycles. The molecular formula is C22H26N4O2. The predicted octanol–water partition coefficient (Wildman–Crippen LogP) is 4.41. The summed E-state index contributed by atoms with van der Waals surface area (Å²) in [4.78, 5) is 12.6. The van der Waals surface area contributed by atoms with Gasteiger partial charge in [-0.3, -0.25) is 4.79 Å². The van der Waals surface area contributed by atoms with Gasteiger partial charge in [0.25, 0.3) is 5.91 Å². The summed E-state index contributed by atoms with van der Waals surface area (Å²) in [6.07, 6.45) is 4.73. The number of carbonyl (C=O) groups is 1. The summed E-state index contributed by atoms with van der Waals surface area (Å²) < 4.78 is 7.24. The molecule has 2 heterocycles. The van der Waals surface area contributed by atoms with Gasteiger partial charge >= 0.3 is 0 Å². The van der Waals surface area contributed by atoms with Gasteiger partial charge in [0.1, 0.15) is 0 Å². The summed E-state index contributed by atoms with van der Waals surface area (Å²) in [6.45, 7) is 8.26. The van der Waals surface area contributed by atoms with Gasteiger partial charge in [0.2, 0.25) is 5.76 Å². The molecule has 0 unspecified atom stereocenters. The van der Waals surface area contributed by atoms with Crippen LogP contribution < -0.4 is 5.32 Å². The smallest absolute Gasteiger partial charge is 0.290 e. The van der Waals surface area contributed by atoms with Gasteiger partial charge in [-0.1, -0.05) is 25.1 Å². The molecule has 1 aromatic carbocycles. The Bertz CT molecular complexity index is 1020. The molecule has 1 N–H and O–H groups in total. The second-order valence-corrected chi connectivity index (χ2v) is 7.92. The van der Waals surface area contributed by atoms with Crippen LogP contribution in [0, 0.1) is 13.8 Å². The predicted molar refractivity (Wildman–Crippen MR) is 107 cm³/mol. The maximum Gasteiger partial charge on any atom is 0.290 e. The maximum atomic E-state index is 12.6. The molecule has 0 bridgehead atoms. The molecule has 0 radical (unpaired) electrons. The zero-order chi connectivity index (χ0) is 19.8. The number of nitrogens with one attached hydrogen (secondary N) is 1. The van der Waals surface area contributed by atoms with E-state index in [9.17, 15) is 4.79 Å². The SMILES string of the molecule is Cc1ccc(-n2ncc3c2CCC[C@H]3NC(=O)c2cc(C(C)C)no2)cc1C. The molecule has 6 heteroatoms. The molecule has 0 aliphatic heterocycles. The van der Waals surface area contributed by atoms with Crippen LogP contribution in [0.2, 0.25) is 0 Å². The Morgan fingerprint density at radius 2 is 2.07 bits per heavy atom. The lowest BCUT2D eigenvalue weighted by Gasteiger charge is -2.24. The number of hydrogen-bond donors (Lipinski definition) is 1. The van der Waals surface area contributed by atoms with Gasteiger partial charge in [-0.25, -0.2) is 4.68 Å². The summed E-state index contributed by atoms with van der Waals surface area (Å²) in [5, 5.41) is 11.7. The second-order valence-electron chi connectivity index (χ2n) is 7.92. The average molecular weight is 378 g/mol. The zero-order valence-electron chi connectivity index (χ0n) is 16.8. The molecule has 1 atom stereocenters. The van der Waals surface area contributed by atoms with Crippen LogP contribution in [0.3, 0.4) is 0 Å². The molecule has 1 amide bonds. The van der Waals surface area contributed by atoms with E-state index in [4.69, 9.17) is 4.52 Å². The Labute approximate surface area is 164 Å². The first-order valence-corrected chi connectivity index (χ1v) is 9.86. The Morgan fingerprint density at radius 3 is 2.79 bits per heavy atom. The number of aryl methyl sites for hydroxylation is 2. The fourth-order valence-corrected chi connectivity index (χ4v) is 3.68. The number of hydrogen-bond acceptors (Lipinski definition) is 4. The first-order valence-electron chi connectivity index (χ1n) is 9.86. The lowest BCUT2D eigenvalue weighted by atomic mass is 9.92. The van der Waals surface area contributed by atoms with Crippen LogP contribution in [0.1, 0.15) is 77.3 Å². The van der Waals surface area contributed by atoms with E-state index in [1.54, 1.807) is 6.07 Å². The normalized spacial score (nSPS) is 16.2. The van der Waals surface area contributed by atoms with Gasteiger partial charge in [0, 0.05) is 17.3 Å². The largest absolute Gasteiger partial charge is 0.351 e. The van der Waals surface area contributed by atoms with Crippen molar-refractivity contribution in [2.75, 3.05) is 0 Å². The van der Waals surface area contributed by atoms with E-state index in [2.05, 4.69) is 47.6 Å². The molecule has 0 fully saturated rings. The van der Waals surface area contributed by atoms with Crippen molar-refractivity contribution in [2.24, 2.45) is 0 Å². The molecule has 6 nitrogen and oxygen atoms in total. The van der Waals surface area contributed by atoms with Crippen molar-refractivity contribution >= 4 is 5.91 Å². The number of carbonyl (C=O) groups excluding carboxylic acids is 1. The monoisotopic (exact) mass is 378 g/mol. The third kappa shape index (κ3) is 3.35. The highest BCUT2D eigenvalue weighted by atomic mass is 16.5. The third-order valence-corrected chi connectivity index (χ3v) is 5.57. The van der Waals surface area contributed by atoms with E-state index in [-0.39, 0.29) is 23.6 Å². The standard InChI is InChI=1S/C22H26N4O2/c1-13(2)19-11-21(28-25-19)22(27)24-18-6-5-7-20-17(18)12-23-26(20)16-9-8-14(3)15(4)10-16/h8-13,18H,5-7H2,1-4H3,(H,24,27)/t18-/m1/s1. The fraction of sp³-hybridized carbons (Fsp3) is 0.409. The van der Waals surface area contributed by atoms with Crippen molar-refractivity contribution < 1.29 is 9.32 Å². The molecule has 28 heavy (non-hydrogen) atoms. The molecule has 1 aliphatic carbocycles. The Hall–Kier alpha value is -2.89. The minimum absolute atomic E-state index is 0.0656. The van der Waals surface area contributed by atoms with Gasteiger partial charge < -0.3 is 9.84 Å². The van der Waals surface area contributed by atoms with E-state index < -0.39 is 0 Å². The fourth-order valence-electron chi connectivity index (χ4n) is 3.68. The Morgan fingerprint density at radius 1 is 1.25 bits per heavy atom. The number of nitrogens with zero attached hydrogens (tertiary/aromatic N) is 3. The molecule has 0 spiro atoms. The highest BCUT2D eigenvalue weighted by Crippen LogP contribution is 2.31. The van der Waals surface area contributed by atoms with Crippen LogP contribution in [-0.4, -0.2) is 20.8 Å². The van der Waals surface area contributed by atoms with Crippen LogP contribution in [0.25, 0.3) is 5.69 Å². The first-order chi connectivity index (χ1) is 13.4. The molecular weight excluding hydrogens is 352 g/mol.